The standard InChI is InChI=1S/C20H21N3O3S/c1-12-18(27-20(21-12)13-4-2-3-5-13)19(26)22-15-6-7-16-14(10-15)8-9-23(16)11-17(24)25/h6-10,13H,2-5,11H2,1H3,(H,22,26)(H,24,25). The fourth-order valence-electron chi connectivity index (χ4n) is 3.72. The Morgan fingerprint density at radius 1 is 1.30 bits per heavy atom. The van der Waals surface area contributed by atoms with Gasteiger partial charge in [0.25, 0.3) is 5.91 Å². The lowest BCUT2D eigenvalue weighted by atomic mass is 10.1. The molecule has 140 valence electrons. The number of rotatable bonds is 5. The van der Waals surface area contributed by atoms with Gasteiger partial charge in [0.05, 0.1) is 10.7 Å². The van der Waals surface area contributed by atoms with Crippen molar-refractivity contribution in [1.29, 1.82) is 0 Å². The van der Waals surface area contributed by atoms with Gasteiger partial charge in [-0.2, -0.15) is 0 Å². The summed E-state index contributed by atoms with van der Waals surface area (Å²) in [5, 5.41) is 13.9. The van der Waals surface area contributed by atoms with E-state index in [1.165, 1.54) is 24.2 Å². The molecule has 1 saturated carbocycles. The first-order valence-corrected chi connectivity index (χ1v) is 9.92. The van der Waals surface area contributed by atoms with Crippen LogP contribution in [0, 0.1) is 6.92 Å². The van der Waals surface area contributed by atoms with E-state index in [-0.39, 0.29) is 12.5 Å². The summed E-state index contributed by atoms with van der Waals surface area (Å²) in [6.07, 6.45) is 6.56. The zero-order valence-corrected chi connectivity index (χ0v) is 15.9. The van der Waals surface area contributed by atoms with Crippen molar-refractivity contribution in [3.63, 3.8) is 0 Å². The molecular formula is C20H21N3O3S. The summed E-state index contributed by atoms with van der Waals surface area (Å²) in [5.74, 6) is -0.525. The molecule has 0 atom stereocenters. The van der Waals surface area contributed by atoms with E-state index in [1.807, 2.05) is 25.1 Å². The molecule has 1 amide bonds. The summed E-state index contributed by atoms with van der Waals surface area (Å²) in [6, 6.07) is 7.34. The van der Waals surface area contributed by atoms with Crippen LogP contribution in [0.1, 0.15) is 52.0 Å². The maximum absolute atomic E-state index is 12.7. The average Bonchev–Trinajstić information content (AvgIpc) is 3.34. The molecule has 1 aliphatic carbocycles. The molecule has 0 bridgehead atoms. The molecule has 1 aliphatic rings. The van der Waals surface area contributed by atoms with Crippen molar-refractivity contribution in [2.75, 3.05) is 5.32 Å². The number of carbonyl (C=O) groups is 2. The molecule has 0 saturated heterocycles. The van der Waals surface area contributed by atoms with Gasteiger partial charge in [-0.25, -0.2) is 4.98 Å². The van der Waals surface area contributed by atoms with Crippen molar-refractivity contribution in [1.82, 2.24) is 9.55 Å². The van der Waals surface area contributed by atoms with Crippen LogP contribution in [-0.4, -0.2) is 26.5 Å². The van der Waals surface area contributed by atoms with Gasteiger partial charge < -0.3 is 15.0 Å². The van der Waals surface area contributed by atoms with Crippen molar-refractivity contribution >= 4 is 39.8 Å². The molecule has 1 aromatic carbocycles. The smallest absolute Gasteiger partial charge is 0.323 e. The van der Waals surface area contributed by atoms with E-state index >= 15 is 0 Å². The van der Waals surface area contributed by atoms with Crippen molar-refractivity contribution in [3.8, 4) is 0 Å². The predicted molar refractivity (Wildman–Crippen MR) is 106 cm³/mol. The number of carboxylic acids is 1. The number of nitrogens with one attached hydrogen (secondary N) is 1. The normalized spacial score (nSPS) is 14.7. The lowest BCUT2D eigenvalue weighted by Gasteiger charge is -2.06. The molecule has 0 aliphatic heterocycles. The Kier molecular flexibility index (Phi) is 4.70. The highest BCUT2D eigenvalue weighted by molar-refractivity contribution is 7.14. The van der Waals surface area contributed by atoms with Crippen LogP contribution < -0.4 is 5.32 Å². The molecule has 0 unspecified atom stereocenters. The first-order valence-electron chi connectivity index (χ1n) is 9.10. The molecule has 2 N–H and O–H groups in total. The summed E-state index contributed by atoms with van der Waals surface area (Å²) in [6.45, 7) is 1.80. The van der Waals surface area contributed by atoms with Gasteiger partial charge in [0.1, 0.15) is 11.4 Å². The highest BCUT2D eigenvalue weighted by Crippen LogP contribution is 2.37. The van der Waals surface area contributed by atoms with Gasteiger partial charge in [0.15, 0.2) is 0 Å². The highest BCUT2D eigenvalue weighted by Gasteiger charge is 2.23. The minimum atomic E-state index is -0.886. The minimum Gasteiger partial charge on any atom is -0.480 e. The van der Waals surface area contributed by atoms with Crippen LogP contribution in [0.3, 0.4) is 0 Å². The fraction of sp³-hybridized carbons (Fsp3) is 0.350. The number of aryl methyl sites for hydroxylation is 1. The van der Waals surface area contributed by atoms with Crippen LogP contribution in [0.4, 0.5) is 5.69 Å². The number of carbonyl (C=O) groups excluding carboxylic acids is 1. The van der Waals surface area contributed by atoms with E-state index in [4.69, 9.17) is 5.11 Å². The minimum absolute atomic E-state index is 0.0841. The lowest BCUT2D eigenvalue weighted by molar-refractivity contribution is -0.137. The van der Waals surface area contributed by atoms with Crippen LogP contribution in [0.15, 0.2) is 30.5 Å². The van der Waals surface area contributed by atoms with Crippen molar-refractivity contribution < 1.29 is 14.7 Å². The van der Waals surface area contributed by atoms with Gasteiger partial charge in [-0.15, -0.1) is 11.3 Å². The number of benzene rings is 1. The number of hydrogen-bond donors (Lipinski definition) is 2. The molecule has 0 spiro atoms. The zero-order valence-electron chi connectivity index (χ0n) is 15.1. The summed E-state index contributed by atoms with van der Waals surface area (Å²) >= 11 is 1.51. The Hall–Kier alpha value is -2.67. The molecular weight excluding hydrogens is 362 g/mol. The fourth-order valence-corrected chi connectivity index (χ4v) is 4.86. The lowest BCUT2D eigenvalue weighted by Crippen LogP contribution is -2.11. The van der Waals surface area contributed by atoms with E-state index in [9.17, 15) is 9.59 Å². The van der Waals surface area contributed by atoms with Gasteiger partial charge in [-0.05, 0) is 44.0 Å². The average molecular weight is 383 g/mol. The SMILES string of the molecule is Cc1nc(C2CCCC2)sc1C(=O)Nc1ccc2c(ccn2CC(=O)O)c1. The van der Waals surface area contributed by atoms with E-state index in [0.717, 1.165) is 34.4 Å². The molecule has 2 aromatic heterocycles. The molecule has 2 heterocycles. The number of aromatic nitrogens is 2. The van der Waals surface area contributed by atoms with Gasteiger partial charge in [0, 0.05) is 28.7 Å². The largest absolute Gasteiger partial charge is 0.480 e. The van der Waals surface area contributed by atoms with Crippen molar-refractivity contribution in [3.05, 3.63) is 46.0 Å². The Bertz CT molecular complexity index is 1010. The number of thiazole rings is 1. The zero-order chi connectivity index (χ0) is 19.0. The number of anilines is 1. The molecule has 0 radical (unpaired) electrons. The Balaban J connectivity index is 1.53. The van der Waals surface area contributed by atoms with Crippen molar-refractivity contribution in [2.24, 2.45) is 0 Å². The third-order valence-corrected chi connectivity index (χ3v) is 6.38. The second-order valence-electron chi connectivity index (χ2n) is 7.01. The predicted octanol–water partition coefficient (Wildman–Crippen LogP) is 4.40. The van der Waals surface area contributed by atoms with Crippen LogP contribution in [0.25, 0.3) is 10.9 Å². The Morgan fingerprint density at radius 3 is 2.81 bits per heavy atom. The number of aliphatic carboxylic acids is 1. The van der Waals surface area contributed by atoms with Gasteiger partial charge in [-0.3, -0.25) is 9.59 Å². The topological polar surface area (TPSA) is 84.2 Å². The van der Waals surface area contributed by atoms with E-state index in [1.54, 1.807) is 16.8 Å². The molecule has 1 fully saturated rings. The van der Waals surface area contributed by atoms with Crippen molar-refractivity contribution in [2.45, 2.75) is 45.1 Å². The third kappa shape index (κ3) is 3.60. The number of carboxylic acid groups (broad SMARTS) is 1. The number of fused-ring (bicyclic) bond motifs is 1. The summed E-state index contributed by atoms with van der Waals surface area (Å²) < 4.78 is 1.67. The molecule has 27 heavy (non-hydrogen) atoms. The summed E-state index contributed by atoms with van der Waals surface area (Å²) in [5.41, 5.74) is 2.30. The molecule has 3 aromatic rings. The van der Waals surface area contributed by atoms with E-state index in [2.05, 4.69) is 10.3 Å². The number of amides is 1. The number of nitrogens with zero attached hydrogens (tertiary/aromatic N) is 2. The van der Waals surface area contributed by atoms with Crippen LogP contribution >= 0.6 is 11.3 Å². The summed E-state index contributed by atoms with van der Waals surface area (Å²) in [7, 11) is 0. The highest BCUT2D eigenvalue weighted by atomic mass is 32.1. The Morgan fingerprint density at radius 2 is 2.07 bits per heavy atom. The van der Waals surface area contributed by atoms with Gasteiger partial charge in [-0.1, -0.05) is 12.8 Å². The molecule has 7 heteroatoms. The second-order valence-corrected chi connectivity index (χ2v) is 8.04. The maximum Gasteiger partial charge on any atom is 0.323 e. The van der Waals surface area contributed by atoms with E-state index in [0.29, 0.717) is 16.5 Å². The van der Waals surface area contributed by atoms with Crippen LogP contribution in [0.5, 0.6) is 0 Å². The number of hydrogen-bond acceptors (Lipinski definition) is 4. The van der Waals surface area contributed by atoms with E-state index < -0.39 is 5.97 Å². The molecule has 6 nitrogen and oxygen atoms in total. The monoisotopic (exact) mass is 383 g/mol. The first kappa shape index (κ1) is 17.7. The second kappa shape index (κ2) is 7.15. The van der Waals surface area contributed by atoms with Crippen LogP contribution in [-0.2, 0) is 11.3 Å². The molecule has 4 rings (SSSR count). The quantitative estimate of drug-likeness (QED) is 0.684. The van der Waals surface area contributed by atoms with Gasteiger partial charge in [0.2, 0.25) is 0 Å². The first-order chi connectivity index (χ1) is 13.0. The summed E-state index contributed by atoms with van der Waals surface area (Å²) in [4.78, 5) is 29.0. The van der Waals surface area contributed by atoms with Crippen LogP contribution in [0.2, 0.25) is 0 Å². The van der Waals surface area contributed by atoms with Gasteiger partial charge >= 0.3 is 5.97 Å². The maximum atomic E-state index is 12.7. The Labute approximate surface area is 160 Å². The third-order valence-electron chi connectivity index (χ3n) is 5.06.